The predicted octanol–water partition coefficient (Wildman–Crippen LogP) is 2.20. The molecule has 0 heterocycles. The zero-order chi connectivity index (χ0) is 14.4. The van der Waals surface area contributed by atoms with Crippen LogP contribution >= 0.6 is 0 Å². The van der Waals surface area contributed by atoms with Crippen LogP contribution in [0, 0.1) is 6.92 Å². The average molecular weight is 264 g/mol. The van der Waals surface area contributed by atoms with Gasteiger partial charge in [0.1, 0.15) is 5.75 Å². The standard InChI is InChI=1S/C15H20O4/c1-10-9-12(18-3)5-6-13(10)14(11(2)16)7-8-15(17)19-4/h5-9,11,14,16H,1-4H3/b8-7+/t11-,14+/m1/s1. The first-order valence-corrected chi connectivity index (χ1v) is 6.08. The van der Waals surface area contributed by atoms with Crippen LogP contribution in [-0.2, 0) is 9.53 Å². The minimum Gasteiger partial charge on any atom is -0.497 e. The Labute approximate surface area is 113 Å². The van der Waals surface area contributed by atoms with Crippen molar-refractivity contribution < 1.29 is 19.4 Å². The third kappa shape index (κ3) is 4.10. The van der Waals surface area contributed by atoms with Crippen LogP contribution in [0.15, 0.2) is 30.4 Å². The normalized spacial score (nSPS) is 14.2. The zero-order valence-electron chi connectivity index (χ0n) is 11.7. The minimum absolute atomic E-state index is 0.259. The molecule has 0 amide bonds. The highest BCUT2D eigenvalue weighted by Gasteiger charge is 2.17. The number of aliphatic hydroxyl groups excluding tert-OH is 1. The number of hydrogen-bond acceptors (Lipinski definition) is 4. The second kappa shape index (κ2) is 6.95. The molecule has 0 aliphatic heterocycles. The summed E-state index contributed by atoms with van der Waals surface area (Å²) in [7, 11) is 2.93. The summed E-state index contributed by atoms with van der Waals surface area (Å²) in [6, 6.07) is 5.63. The van der Waals surface area contributed by atoms with Crippen LogP contribution in [0.1, 0.15) is 24.0 Å². The summed E-state index contributed by atoms with van der Waals surface area (Å²) < 4.78 is 9.71. The van der Waals surface area contributed by atoms with E-state index in [2.05, 4.69) is 4.74 Å². The number of benzene rings is 1. The Kier molecular flexibility index (Phi) is 5.57. The van der Waals surface area contributed by atoms with E-state index in [0.717, 1.165) is 16.9 Å². The lowest BCUT2D eigenvalue weighted by atomic mass is 9.90. The highest BCUT2D eigenvalue weighted by Crippen LogP contribution is 2.27. The van der Waals surface area contributed by atoms with Crippen molar-refractivity contribution in [3.8, 4) is 5.75 Å². The summed E-state index contributed by atoms with van der Waals surface area (Å²) in [5, 5.41) is 9.87. The summed E-state index contributed by atoms with van der Waals surface area (Å²) in [6.07, 6.45) is 2.39. The fraction of sp³-hybridized carbons (Fsp3) is 0.400. The van der Waals surface area contributed by atoms with Crippen molar-refractivity contribution in [3.05, 3.63) is 41.5 Å². The van der Waals surface area contributed by atoms with E-state index >= 15 is 0 Å². The SMILES string of the molecule is COC(=O)/C=C/[C@H](c1ccc(OC)cc1C)[C@@H](C)O. The smallest absolute Gasteiger partial charge is 0.330 e. The van der Waals surface area contributed by atoms with Gasteiger partial charge in [0, 0.05) is 12.0 Å². The molecule has 0 aliphatic carbocycles. The Hall–Kier alpha value is -1.81. The molecular weight excluding hydrogens is 244 g/mol. The van der Waals surface area contributed by atoms with Gasteiger partial charge in [-0.3, -0.25) is 0 Å². The fourth-order valence-corrected chi connectivity index (χ4v) is 1.92. The number of aliphatic hydroxyl groups is 1. The first-order valence-electron chi connectivity index (χ1n) is 6.08. The third-order valence-electron chi connectivity index (χ3n) is 3.00. The third-order valence-corrected chi connectivity index (χ3v) is 3.00. The largest absolute Gasteiger partial charge is 0.497 e. The summed E-state index contributed by atoms with van der Waals surface area (Å²) in [4.78, 5) is 11.1. The molecule has 0 bridgehead atoms. The minimum atomic E-state index is -0.604. The highest BCUT2D eigenvalue weighted by molar-refractivity contribution is 5.81. The zero-order valence-corrected chi connectivity index (χ0v) is 11.7. The van der Waals surface area contributed by atoms with Crippen molar-refractivity contribution >= 4 is 5.97 Å². The van der Waals surface area contributed by atoms with Gasteiger partial charge in [0.2, 0.25) is 0 Å². The second-order valence-electron chi connectivity index (χ2n) is 4.37. The van der Waals surface area contributed by atoms with Gasteiger partial charge in [0.25, 0.3) is 0 Å². The maximum atomic E-state index is 11.1. The second-order valence-corrected chi connectivity index (χ2v) is 4.37. The van der Waals surface area contributed by atoms with Gasteiger partial charge in [0.15, 0.2) is 0 Å². The molecule has 0 spiro atoms. The van der Waals surface area contributed by atoms with E-state index in [9.17, 15) is 9.90 Å². The monoisotopic (exact) mass is 264 g/mol. The Morgan fingerprint density at radius 2 is 2.05 bits per heavy atom. The van der Waals surface area contributed by atoms with Gasteiger partial charge < -0.3 is 14.6 Å². The van der Waals surface area contributed by atoms with Gasteiger partial charge in [-0.2, -0.15) is 0 Å². The molecule has 0 saturated carbocycles. The molecule has 1 aromatic carbocycles. The number of carbonyl (C=O) groups excluding carboxylic acids is 1. The van der Waals surface area contributed by atoms with Crippen molar-refractivity contribution in [3.63, 3.8) is 0 Å². The topological polar surface area (TPSA) is 55.8 Å². The number of carbonyl (C=O) groups is 1. The van der Waals surface area contributed by atoms with Crippen LogP contribution < -0.4 is 4.74 Å². The number of hydrogen-bond donors (Lipinski definition) is 1. The van der Waals surface area contributed by atoms with Gasteiger partial charge in [0.05, 0.1) is 20.3 Å². The van der Waals surface area contributed by atoms with E-state index in [1.165, 1.54) is 13.2 Å². The van der Waals surface area contributed by atoms with Crippen molar-refractivity contribution in [2.45, 2.75) is 25.9 Å². The molecule has 1 rings (SSSR count). The Morgan fingerprint density at radius 3 is 2.53 bits per heavy atom. The molecule has 0 aliphatic rings. The van der Waals surface area contributed by atoms with Crippen LogP contribution in [0.5, 0.6) is 5.75 Å². The van der Waals surface area contributed by atoms with Crippen LogP contribution in [-0.4, -0.2) is 31.4 Å². The number of rotatable bonds is 5. The summed E-state index contributed by atoms with van der Waals surface area (Å²) in [5.41, 5.74) is 1.95. The van der Waals surface area contributed by atoms with Crippen molar-refractivity contribution in [1.82, 2.24) is 0 Å². The quantitative estimate of drug-likeness (QED) is 0.654. The molecule has 0 fully saturated rings. The molecule has 1 N–H and O–H groups in total. The molecule has 4 heteroatoms. The molecule has 0 radical (unpaired) electrons. The highest BCUT2D eigenvalue weighted by atomic mass is 16.5. The Morgan fingerprint density at radius 1 is 1.37 bits per heavy atom. The first-order chi connectivity index (χ1) is 8.99. The Bertz CT molecular complexity index is 463. The molecule has 0 unspecified atom stereocenters. The molecular formula is C15H20O4. The maximum Gasteiger partial charge on any atom is 0.330 e. The van der Waals surface area contributed by atoms with Crippen molar-refractivity contribution in [1.29, 1.82) is 0 Å². The molecule has 19 heavy (non-hydrogen) atoms. The summed E-state index contributed by atoms with van der Waals surface area (Å²) in [6.45, 7) is 3.63. The maximum absolute atomic E-state index is 11.1. The molecule has 2 atom stereocenters. The number of aryl methyl sites for hydroxylation is 1. The lowest BCUT2D eigenvalue weighted by molar-refractivity contribution is -0.134. The van der Waals surface area contributed by atoms with E-state index in [-0.39, 0.29) is 5.92 Å². The van der Waals surface area contributed by atoms with Crippen molar-refractivity contribution in [2.75, 3.05) is 14.2 Å². The first kappa shape index (κ1) is 15.2. The number of ether oxygens (including phenoxy) is 2. The lowest BCUT2D eigenvalue weighted by Crippen LogP contribution is -2.14. The van der Waals surface area contributed by atoms with Crippen LogP contribution in [0.3, 0.4) is 0 Å². The number of methoxy groups -OCH3 is 2. The molecule has 104 valence electrons. The van der Waals surface area contributed by atoms with Crippen molar-refractivity contribution in [2.24, 2.45) is 0 Å². The molecule has 0 aromatic heterocycles. The van der Waals surface area contributed by atoms with Gasteiger partial charge in [-0.1, -0.05) is 12.1 Å². The summed E-state index contributed by atoms with van der Waals surface area (Å²) in [5.74, 6) is 0.0735. The van der Waals surface area contributed by atoms with E-state index in [0.29, 0.717) is 0 Å². The molecule has 0 saturated heterocycles. The van der Waals surface area contributed by atoms with E-state index in [1.807, 2.05) is 25.1 Å². The van der Waals surface area contributed by atoms with Gasteiger partial charge in [-0.25, -0.2) is 4.79 Å². The number of esters is 1. The lowest BCUT2D eigenvalue weighted by Gasteiger charge is -2.19. The summed E-state index contributed by atoms with van der Waals surface area (Å²) >= 11 is 0. The van der Waals surface area contributed by atoms with Gasteiger partial charge in [-0.15, -0.1) is 0 Å². The average Bonchev–Trinajstić information content (AvgIpc) is 2.39. The Balaban J connectivity index is 3.06. The molecule has 4 nitrogen and oxygen atoms in total. The predicted molar refractivity (Wildman–Crippen MR) is 73.3 cm³/mol. The van der Waals surface area contributed by atoms with E-state index in [4.69, 9.17) is 4.74 Å². The van der Waals surface area contributed by atoms with Crippen LogP contribution in [0.2, 0.25) is 0 Å². The van der Waals surface area contributed by atoms with Crippen LogP contribution in [0.4, 0.5) is 0 Å². The van der Waals surface area contributed by atoms with E-state index < -0.39 is 12.1 Å². The van der Waals surface area contributed by atoms with E-state index in [1.54, 1.807) is 20.1 Å². The van der Waals surface area contributed by atoms with Gasteiger partial charge >= 0.3 is 5.97 Å². The van der Waals surface area contributed by atoms with Crippen LogP contribution in [0.25, 0.3) is 0 Å². The molecule has 1 aromatic rings. The fourth-order valence-electron chi connectivity index (χ4n) is 1.92. The van der Waals surface area contributed by atoms with Gasteiger partial charge in [-0.05, 0) is 37.1 Å².